The Morgan fingerprint density at radius 1 is 0.969 bits per heavy atom. The van der Waals surface area contributed by atoms with Gasteiger partial charge in [-0.05, 0) is 54.6 Å². The lowest BCUT2D eigenvalue weighted by Gasteiger charge is -2.36. The number of methoxy groups -OCH3 is 1. The lowest BCUT2D eigenvalue weighted by atomic mass is 10.1. The summed E-state index contributed by atoms with van der Waals surface area (Å²) in [4.78, 5) is 17.1. The summed E-state index contributed by atoms with van der Waals surface area (Å²) >= 11 is 6.17. The summed E-state index contributed by atoms with van der Waals surface area (Å²) in [7, 11) is 1.59. The fourth-order valence-electron chi connectivity index (χ4n) is 3.74. The molecular weight excluding hydrogens is 431 g/mol. The number of piperazine rings is 1. The van der Waals surface area contributed by atoms with Gasteiger partial charge in [-0.3, -0.25) is 4.79 Å². The minimum absolute atomic E-state index is 0.0367. The van der Waals surface area contributed by atoms with Crippen LogP contribution in [0.5, 0.6) is 11.5 Å². The second kappa shape index (κ2) is 9.92. The average Bonchev–Trinajstić information content (AvgIpc) is 2.83. The molecule has 3 aromatic carbocycles. The minimum Gasteiger partial charge on any atom is -0.496 e. The average molecular weight is 455 g/mol. The second-order valence-corrected chi connectivity index (χ2v) is 7.91. The molecule has 1 heterocycles. The van der Waals surface area contributed by atoms with Crippen molar-refractivity contribution in [1.29, 1.82) is 0 Å². The molecule has 0 spiro atoms. The summed E-state index contributed by atoms with van der Waals surface area (Å²) in [5.41, 5.74) is 2.31. The Hall–Kier alpha value is -3.25. The van der Waals surface area contributed by atoms with Crippen LogP contribution in [0.2, 0.25) is 5.02 Å². The Morgan fingerprint density at radius 3 is 2.38 bits per heavy atom. The van der Waals surface area contributed by atoms with Crippen molar-refractivity contribution in [2.75, 3.05) is 38.2 Å². The Bertz CT molecular complexity index is 1080. The summed E-state index contributed by atoms with van der Waals surface area (Å²) in [6.45, 7) is 2.79. The Morgan fingerprint density at radius 2 is 1.69 bits per heavy atom. The third-order valence-electron chi connectivity index (χ3n) is 5.51. The van der Waals surface area contributed by atoms with E-state index in [-0.39, 0.29) is 18.3 Å². The predicted octanol–water partition coefficient (Wildman–Crippen LogP) is 5.03. The SMILES string of the molecule is COc1ccc(C(=O)N2CCN(c3ccc(F)cc3)CC2)cc1COc1ccccc1Cl. The van der Waals surface area contributed by atoms with E-state index >= 15 is 0 Å². The van der Waals surface area contributed by atoms with Gasteiger partial charge in [-0.25, -0.2) is 4.39 Å². The highest BCUT2D eigenvalue weighted by atomic mass is 35.5. The van der Waals surface area contributed by atoms with Crippen molar-refractivity contribution in [2.45, 2.75) is 6.61 Å². The molecule has 32 heavy (non-hydrogen) atoms. The number of anilines is 1. The molecule has 1 saturated heterocycles. The number of benzene rings is 3. The number of amides is 1. The Kier molecular flexibility index (Phi) is 6.81. The molecule has 1 amide bonds. The van der Waals surface area contributed by atoms with Crippen LogP contribution in [0.3, 0.4) is 0 Å². The van der Waals surface area contributed by atoms with Crippen molar-refractivity contribution < 1.29 is 18.7 Å². The van der Waals surface area contributed by atoms with Gasteiger partial charge in [0.05, 0.1) is 12.1 Å². The zero-order valence-electron chi connectivity index (χ0n) is 17.8. The van der Waals surface area contributed by atoms with E-state index < -0.39 is 0 Å². The molecule has 0 saturated carbocycles. The number of carbonyl (C=O) groups excluding carboxylic acids is 1. The van der Waals surface area contributed by atoms with E-state index in [1.165, 1.54) is 12.1 Å². The van der Waals surface area contributed by atoms with Gasteiger partial charge in [0.2, 0.25) is 0 Å². The van der Waals surface area contributed by atoms with Crippen LogP contribution in [-0.4, -0.2) is 44.1 Å². The molecule has 0 radical (unpaired) electrons. The van der Waals surface area contributed by atoms with Crippen molar-refractivity contribution in [2.24, 2.45) is 0 Å². The summed E-state index contributed by atoms with van der Waals surface area (Å²) < 4.78 is 24.5. The molecular formula is C25H24ClFN2O3. The highest BCUT2D eigenvalue weighted by molar-refractivity contribution is 6.32. The maximum atomic E-state index is 13.2. The summed E-state index contributed by atoms with van der Waals surface area (Å²) in [5.74, 6) is 0.932. The molecule has 7 heteroatoms. The van der Waals surface area contributed by atoms with Gasteiger partial charge in [-0.2, -0.15) is 0 Å². The zero-order chi connectivity index (χ0) is 22.5. The summed E-state index contributed by atoms with van der Waals surface area (Å²) in [5, 5.41) is 0.526. The lowest BCUT2D eigenvalue weighted by molar-refractivity contribution is 0.0746. The molecule has 1 aliphatic rings. The van der Waals surface area contributed by atoms with Crippen LogP contribution in [0.15, 0.2) is 66.7 Å². The molecule has 0 atom stereocenters. The number of halogens is 2. The largest absolute Gasteiger partial charge is 0.496 e. The maximum Gasteiger partial charge on any atom is 0.253 e. The quantitative estimate of drug-likeness (QED) is 0.524. The van der Waals surface area contributed by atoms with E-state index in [0.29, 0.717) is 48.3 Å². The van der Waals surface area contributed by atoms with Crippen LogP contribution in [0.4, 0.5) is 10.1 Å². The molecule has 4 rings (SSSR count). The van der Waals surface area contributed by atoms with E-state index in [1.807, 2.05) is 23.1 Å². The van der Waals surface area contributed by atoms with Crippen molar-refractivity contribution >= 4 is 23.2 Å². The number of ether oxygens (including phenoxy) is 2. The molecule has 0 N–H and O–H groups in total. The van der Waals surface area contributed by atoms with Gasteiger partial charge < -0.3 is 19.3 Å². The van der Waals surface area contributed by atoms with Crippen molar-refractivity contribution in [3.05, 3.63) is 88.7 Å². The maximum absolute atomic E-state index is 13.2. The monoisotopic (exact) mass is 454 g/mol. The Labute approximate surface area is 191 Å². The Balaban J connectivity index is 1.43. The lowest BCUT2D eigenvalue weighted by Crippen LogP contribution is -2.48. The molecule has 166 valence electrons. The number of rotatable bonds is 6. The predicted molar refractivity (Wildman–Crippen MR) is 123 cm³/mol. The van der Waals surface area contributed by atoms with Crippen LogP contribution >= 0.6 is 11.6 Å². The van der Waals surface area contributed by atoms with Crippen LogP contribution in [0.25, 0.3) is 0 Å². The third kappa shape index (κ3) is 4.97. The van der Waals surface area contributed by atoms with Crippen molar-refractivity contribution in [1.82, 2.24) is 4.90 Å². The zero-order valence-corrected chi connectivity index (χ0v) is 18.5. The van der Waals surface area contributed by atoms with Gasteiger partial charge in [0.15, 0.2) is 0 Å². The van der Waals surface area contributed by atoms with E-state index in [4.69, 9.17) is 21.1 Å². The van der Waals surface area contributed by atoms with Crippen LogP contribution in [0.1, 0.15) is 15.9 Å². The number of para-hydroxylation sites is 1. The standard InChI is InChI=1S/C25H24ClFN2O3/c1-31-23-11-6-18(16-19(23)17-32-24-5-3-2-4-22(24)26)25(30)29-14-12-28(13-15-29)21-9-7-20(27)8-10-21/h2-11,16H,12-15,17H2,1H3. The van der Waals surface area contributed by atoms with Crippen LogP contribution in [0, 0.1) is 5.82 Å². The molecule has 3 aromatic rings. The number of hydrogen-bond acceptors (Lipinski definition) is 4. The molecule has 5 nitrogen and oxygen atoms in total. The van der Waals surface area contributed by atoms with Gasteiger partial charge >= 0.3 is 0 Å². The van der Waals surface area contributed by atoms with E-state index in [1.54, 1.807) is 43.5 Å². The fraction of sp³-hybridized carbons (Fsp3) is 0.240. The molecule has 0 bridgehead atoms. The smallest absolute Gasteiger partial charge is 0.253 e. The highest BCUT2D eigenvalue weighted by Gasteiger charge is 2.23. The van der Waals surface area contributed by atoms with Crippen molar-refractivity contribution in [3.8, 4) is 11.5 Å². The normalized spacial score (nSPS) is 13.7. The molecule has 1 aliphatic heterocycles. The number of hydrogen-bond donors (Lipinski definition) is 0. The van der Waals surface area contributed by atoms with Gasteiger partial charge in [0.25, 0.3) is 5.91 Å². The van der Waals surface area contributed by atoms with Crippen LogP contribution < -0.4 is 14.4 Å². The third-order valence-corrected chi connectivity index (χ3v) is 5.82. The second-order valence-electron chi connectivity index (χ2n) is 7.50. The van der Waals surface area contributed by atoms with Gasteiger partial charge in [0.1, 0.15) is 23.9 Å². The molecule has 0 aromatic heterocycles. The van der Waals surface area contributed by atoms with Crippen molar-refractivity contribution in [3.63, 3.8) is 0 Å². The van der Waals surface area contributed by atoms with Gasteiger partial charge in [-0.1, -0.05) is 23.7 Å². The van der Waals surface area contributed by atoms with E-state index in [9.17, 15) is 9.18 Å². The van der Waals surface area contributed by atoms with Crippen LogP contribution in [-0.2, 0) is 6.61 Å². The van der Waals surface area contributed by atoms with Gasteiger partial charge in [0, 0.05) is 43.0 Å². The fourth-order valence-corrected chi connectivity index (χ4v) is 3.93. The van der Waals surface area contributed by atoms with E-state index in [2.05, 4.69) is 4.90 Å². The number of nitrogens with zero attached hydrogens (tertiary/aromatic N) is 2. The topological polar surface area (TPSA) is 42.0 Å². The van der Waals surface area contributed by atoms with E-state index in [0.717, 1.165) is 11.3 Å². The summed E-state index contributed by atoms with van der Waals surface area (Å²) in [6, 6.07) is 19.1. The first kappa shape index (κ1) is 22.0. The molecule has 0 unspecified atom stereocenters. The summed E-state index contributed by atoms with van der Waals surface area (Å²) in [6.07, 6.45) is 0. The first-order valence-corrected chi connectivity index (χ1v) is 10.8. The molecule has 1 fully saturated rings. The minimum atomic E-state index is -0.253. The molecule has 0 aliphatic carbocycles. The number of carbonyl (C=O) groups is 1. The van der Waals surface area contributed by atoms with Gasteiger partial charge in [-0.15, -0.1) is 0 Å². The highest BCUT2D eigenvalue weighted by Crippen LogP contribution is 2.27. The first-order valence-electron chi connectivity index (χ1n) is 10.4. The first-order chi connectivity index (χ1) is 15.5.